The van der Waals surface area contributed by atoms with E-state index >= 15 is 0 Å². The van der Waals surface area contributed by atoms with Gasteiger partial charge in [0.2, 0.25) is 5.91 Å². The molecule has 2 saturated heterocycles. The molecule has 2 aliphatic rings. The van der Waals surface area contributed by atoms with Crippen LogP contribution in [0, 0.1) is 5.92 Å². The average Bonchev–Trinajstić information content (AvgIpc) is 2.77. The summed E-state index contributed by atoms with van der Waals surface area (Å²) in [4.78, 5) is 30.4. The number of hydrogen-bond donors (Lipinski definition) is 1. The highest BCUT2D eigenvalue weighted by atomic mass is 16.1. The van der Waals surface area contributed by atoms with Crippen molar-refractivity contribution in [1.29, 1.82) is 0 Å². The second-order valence-corrected chi connectivity index (χ2v) is 7.92. The molecular weight excluding hydrogens is 352 g/mol. The van der Waals surface area contributed by atoms with Crippen LogP contribution in [-0.4, -0.2) is 65.0 Å². The van der Waals surface area contributed by atoms with E-state index in [4.69, 9.17) is 0 Å². The lowest BCUT2D eigenvalue weighted by Crippen LogP contribution is -2.43. The molecule has 0 spiro atoms. The zero-order valence-corrected chi connectivity index (χ0v) is 16.5. The van der Waals surface area contributed by atoms with E-state index in [0.717, 1.165) is 56.6 Å². The highest BCUT2D eigenvalue weighted by Gasteiger charge is 2.26. The SMILES string of the molecule is O=C(NCCCN1CCCCC1)[C@@H]1CCCN(c2cnc3nccnc3c2)C1. The number of amides is 1. The number of hydrogen-bond acceptors (Lipinski definition) is 6. The van der Waals surface area contributed by atoms with Crippen LogP contribution in [0.4, 0.5) is 5.69 Å². The Kier molecular flexibility index (Phi) is 6.31. The topological polar surface area (TPSA) is 74.2 Å². The maximum atomic E-state index is 12.6. The van der Waals surface area contributed by atoms with Gasteiger partial charge in [0.15, 0.2) is 5.65 Å². The van der Waals surface area contributed by atoms with Crippen molar-refractivity contribution < 1.29 is 4.79 Å². The number of rotatable bonds is 6. The number of anilines is 1. The van der Waals surface area contributed by atoms with Crippen LogP contribution < -0.4 is 10.2 Å². The third-order valence-electron chi connectivity index (χ3n) is 5.87. The number of carbonyl (C=O) groups excluding carboxylic acids is 1. The third kappa shape index (κ3) is 4.76. The highest BCUT2D eigenvalue weighted by Crippen LogP contribution is 2.24. The summed E-state index contributed by atoms with van der Waals surface area (Å²) >= 11 is 0. The van der Waals surface area contributed by atoms with E-state index in [1.807, 2.05) is 12.3 Å². The van der Waals surface area contributed by atoms with Gasteiger partial charge in [-0.25, -0.2) is 9.97 Å². The van der Waals surface area contributed by atoms with Gasteiger partial charge >= 0.3 is 0 Å². The fourth-order valence-corrected chi connectivity index (χ4v) is 4.29. The fourth-order valence-electron chi connectivity index (χ4n) is 4.29. The zero-order valence-electron chi connectivity index (χ0n) is 16.5. The first-order valence-electron chi connectivity index (χ1n) is 10.6. The van der Waals surface area contributed by atoms with Gasteiger partial charge in [-0.2, -0.15) is 0 Å². The van der Waals surface area contributed by atoms with E-state index in [1.165, 1.54) is 32.4 Å². The monoisotopic (exact) mass is 382 g/mol. The van der Waals surface area contributed by atoms with Crippen LogP contribution in [0.25, 0.3) is 11.2 Å². The number of nitrogens with zero attached hydrogens (tertiary/aromatic N) is 5. The summed E-state index contributed by atoms with van der Waals surface area (Å²) in [6.07, 6.45) is 12.2. The standard InChI is InChI=1S/C21H30N6O/c28-21(24-7-5-12-26-10-2-1-3-11-26)17-6-4-13-27(16-17)18-14-19-20(25-15-18)23-9-8-22-19/h8-9,14-15,17H,1-7,10-13,16H2,(H,24,28)/t17-/m1/s1. The van der Waals surface area contributed by atoms with Crippen molar-refractivity contribution in [3.63, 3.8) is 0 Å². The summed E-state index contributed by atoms with van der Waals surface area (Å²) in [5.74, 6) is 0.234. The Hall–Kier alpha value is -2.28. The molecule has 0 aromatic carbocycles. The van der Waals surface area contributed by atoms with Gasteiger partial charge in [-0.15, -0.1) is 0 Å². The molecule has 4 rings (SSSR count). The highest BCUT2D eigenvalue weighted by molar-refractivity contribution is 5.80. The third-order valence-corrected chi connectivity index (χ3v) is 5.87. The van der Waals surface area contributed by atoms with Crippen LogP contribution in [0.15, 0.2) is 24.7 Å². The van der Waals surface area contributed by atoms with Gasteiger partial charge in [0.1, 0.15) is 5.52 Å². The molecule has 0 saturated carbocycles. The Morgan fingerprint density at radius 2 is 1.93 bits per heavy atom. The fraction of sp³-hybridized carbons (Fsp3) is 0.619. The lowest BCUT2D eigenvalue weighted by atomic mass is 9.96. The minimum absolute atomic E-state index is 0.0429. The molecule has 0 radical (unpaired) electrons. The van der Waals surface area contributed by atoms with Crippen LogP contribution in [0.3, 0.4) is 0 Å². The molecule has 0 bridgehead atoms. The molecular formula is C21H30N6O. The molecule has 0 unspecified atom stereocenters. The summed E-state index contributed by atoms with van der Waals surface area (Å²) < 4.78 is 0. The number of piperidine rings is 2. The quantitative estimate of drug-likeness (QED) is 0.773. The number of likely N-dealkylation sites (tertiary alicyclic amines) is 1. The van der Waals surface area contributed by atoms with Gasteiger partial charge in [-0.05, 0) is 57.8 Å². The van der Waals surface area contributed by atoms with Crippen molar-refractivity contribution >= 4 is 22.8 Å². The molecule has 4 heterocycles. The minimum Gasteiger partial charge on any atom is -0.369 e. The second kappa shape index (κ2) is 9.28. The first-order chi connectivity index (χ1) is 13.8. The normalized spacial score (nSPS) is 21.0. The maximum absolute atomic E-state index is 12.6. The lowest BCUT2D eigenvalue weighted by molar-refractivity contribution is -0.125. The molecule has 2 fully saturated rings. The molecule has 1 atom stereocenters. The molecule has 7 nitrogen and oxygen atoms in total. The van der Waals surface area contributed by atoms with Gasteiger partial charge in [-0.1, -0.05) is 6.42 Å². The van der Waals surface area contributed by atoms with E-state index in [2.05, 4.69) is 30.1 Å². The second-order valence-electron chi connectivity index (χ2n) is 7.92. The van der Waals surface area contributed by atoms with E-state index in [-0.39, 0.29) is 11.8 Å². The number of pyridine rings is 1. The Morgan fingerprint density at radius 1 is 1.07 bits per heavy atom. The number of nitrogens with one attached hydrogen (secondary N) is 1. The first kappa shape index (κ1) is 19.1. The van der Waals surface area contributed by atoms with Crippen molar-refractivity contribution in [3.8, 4) is 0 Å². The van der Waals surface area contributed by atoms with Gasteiger partial charge in [0.05, 0.1) is 17.8 Å². The molecule has 1 N–H and O–H groups in total. The van der Waals surface area contributed by atoms with Gasteiger partial charge in [0.25, 0.3) is 0 Å². The zero-order chi connectivity index (χ0) is 19.2. The lowest BCUT2D eigenvalue weighted by Gasteiger charge is -2.33. The van der Waals surface area contributed by atoms with Gasteiger partial charge in [0, 0.05) is 32.0 Å². The van der Waals surface area contributed by atoms with Crippen molar-refractivity contribution in [2.75, 3.05) is 44.2 Å². The van der Waals surface area contributed by atoms with E-state index in [9.17, 15) is 4.79 Å². The summed E-state index contributed by atoms with van der Waals surface area (Å²) in [5.41, 5.74) is 2.48. The summed E-state index contributed by atoms with van der Waals surface area (Å²) in [7, 11) is 0. The van der Waals surface area contributed by atoms with E-state index < -0.39 is 0 Å². The van der Waals surface area contributed by atoms with Crippen molar-refractivity contribution in [3.05, 3.63) is 24.7 Å². The molecule has 2 aliphatic heterocycles. The van der Waals surface area contributed by atoms with E-state index in [0.29, 0.717) is 5.65 Å². The first-order valence-corrected chi connectivity index (χ1v) is 10.6. The number of aromatic nitrogens is 3. The Morgan fingerprint density at radius 3 is 2.82 bits per heavy atom. The predicted molar refractivity (Wildman–Crippen MR) is 110 cm³/mol. The van der Waals surface area contributed by atoms with Gasteiger partial charge < -0.3 is 15.1 Å². The van der Waals surface area contributed by atoms with E-state index in [1.54, 1.807) is 12.4 Å². The molecule has 2 aromatic heterocycles. The smallest absolute Gasteiger partial charge is 0.224 e. The number of carbonyl (C=O) groups is 1. The Bertz CT molecular complexity index is 791. The molecule has 28 heavy (non-hydrogen) atoms. The summed E-state index contributed by atoms with van der Waals surface area (Å²) in [5, 5.41) is 3.16. The Labute approximate surface area is 166 Å². The van der Waals surface area contributed by atoms with Crippen LogP contribution in [0.1, 0.15) is 38.5 Å². The van der Waals surface area contributed by atoms with Gasteiger partial charge in [-0.3, -0.25) is 9.78 Å². The molecule has 7 heteroatoms. The average molecular weight is 383 g/mol. The summed E-state index contributed by atoms with van der Waals surface area (Å²) in [6, 6.07) is 2.02. The molecule has 2 aromatic rings. The number of fused-ring (bicyclic) bond motifs is 1. The largest absolute Gasteiger partial charge is 0.369 e. The summed E-state index contributed by atoms with van der Waals surface area (Å²) in [6.45, 7) is 6.00. The van der Waals surface area contributed by atoms with Crippen molar-refractivity contribution in [2.24, 2.45) is 5.92 Å². The van der Waals surface area contributed by atoms with Crippen molar-refractivity contribution in [2.45, 2.75) is 38.5 Å². The molecule has 1 amide bonds. The van der Waals surface area contributed by atoms with Crippen LogP contribution in [0.5, 0.6) is 0 Å². The van der Waals surface area contributed by atoms with Crippen LogP contribution in [-0.2, 0) is 4.79 Å². The maximum Gasteiger partial charge on any atom is 0.224 e. The van der Waals surface area contributed by atoms with Crippen LogP contribution in [0.2, 0.25) is 0 Å². The van der Waals surface area contributed by atoms with Crippen molar-refractivity contribution in [1.82, 2.24) is 25.2 Å². The molecule has 0 aliphatic carbocycles. The predicted octanol–water partition coefficient (Wildman–Crippen LogP) is 2.23. The molecule has 150 valence electrons. The van der Waals surface area contributed by atoms with Crippen LogP contribution >= 0.6 is 0 Å². The minimum atomic E-state index is 0.0429. The Balaban J connectivity index is 1.27.